The van der Waals surface area contributed by atoms with Gasteiger partial charge in [-0.15, -0.1) is 0 Å². The molecule has 0 unspecified atom stereocenters. The quantitative estimate of drug-likeness (QED) is 0.883. The van der Waals surface area contributed by atoms with Crippen LogP contribution in [0.15, 0.2) is 18.2 Å². The Morgan fingerprint density at radius 1 is 1.28 bits per heavy atom. The van der Waals surface area contributed by atoms with Crippen molar-refractivity contribution in [3.05, 3.63) is 29.3 Å². The maximum absolute atomic E-state index is 6.08. The smallest absolute Gasteiger partial charge is 0.0399 e. The third-order valence-electron chi connectivity index (χ3n) is 4.44. The molecule has 100 valence electrons. The van der Waals surface area contributed by atoms with Gasteiger partial charge in [0.25, 0.3) is 0 Å². The van der Waals surface area contributed by atoms with E-state index in [1.807, 2.05) is 0 Å². The molecule has 2 rings (SSSR count). The minimum absolute atomic E-state index is 0.241. The van der Waals surface area contributed by atoms with Gasteiger partial charge in [-0.3, -0.25) is 0 Å². The molecule has 2 heteroatoms. The molecule has 0 spiro atoms. The Balaban J connectivity index is 2.50. The Hall–Kier alpha value is -1.02. The van der Waals surface area contributed by atoms with E-state index in [9.17, 15) is 0 Å². The van der Waals surface area contributed by atoms with Gasteiger partial charge < -0.3 is 10.6 Å². The number of hydrogen-bond donors (Lipinski definition) is 1. The van der Waals surface area contributed by atoms with Crippen LogP contribution in [-0.4, -0.2) is 20.6 Å². The van der Waals surface area contributed by atoms with Crippen LogP contribution >= 0.6 is 0 Å². The monoisotopic (exact) mass is 246 g/mol. The zero-order valence-electron chi connectivity index (χ0n) is 12.2. The second-order valence-electron chi connectivity index (χ2n) is 6.16. The summed E-state index contributed by atoms with van der Waals surface area (Å²) in [6.07, 6.45) is 3.80. The SMILES string of the molecule is CC(C)c1ccc(N(C)C)c(C2(CN)CCC2)c1. The predicted molar refractivity (Wildman–Crippen MR) is 79.4 cm³/mol. The van der Waals surface area contributed by atoms with Crippen LogP contribution in [0.4, 0.5) is 5.69 Å². The Morgan fingerprint density at radius 2 is 1.94 bits per heavy atom. The maximum Gasteiger partial charge on any atom is 0.0399 e. The fourth-order valence-electron chi connectivity index (χ4n) is 2.91. The van der Waals surface area contributed by atoms with E-state index in [2.05, 4.69) is 51.0 Å². The van der Waals surface area contributed by atoms with E-state index in [0.29, 0.717) is 5.92 Å². The molecule has 18 heavy (non-hydrogen) atoms. The standard InChI is InChI=1S/C16H26N2/c1-12(2)13-6-7-15(18(3)4)14(10-13)16(11-17)8-5-9-16/h6-7,10,12H,5,8-9,11,17H2,1-4H3. The van der Waals surface area contributed by atoms with Crippen molar-refractivity contribution in [2.45, 2.75) is 44.4 Å². The van der Waals surface area contributed by atoms with Crippen molar-refractivity contribution in [3.63, 3.8) is 0 Å². The molecule has 1 fully saturated rings. The number of nitrogens with zero attached hydrogens (tertiary/aromatic N) is 1. The Bertz CT molecular complexity index is 412. The van der Waals surface area contributed by atoms with Crippen LogP contribution in [0, 0.1) is 0 Å². The highest BCUT2D eigenvalue weighted by atomic mass is 15.1. The van der Waals surface area contributed by atoms with Gasteiger partial charge in [0.05, 0.1) is 0 Å². The van der Waals surface area contributed by atoms with Gasteiger partial charge in [0.2, 0.25) is 0 Å². The summed E-state index contributed by atoms with van der Waals surface area (Å²) in [6, 6.07) is 6.92. The van der Waals surface area contributed by atoms with Gasteiger partial charge >= 0.3 is 0 Å². The molecule has 1 aliphatic carbocycles. The molecule has 0 saturated heterocycles. The molecule has 0 bridgehead atoms. The number of nitrogens with two attached hydrogens (primary N) is 1. The van der Waals surface area contributed by atoms with E-state index in [1.165, 1.54) is 36.1 Å². The van der Waals surface area contributed by atoms with E-state index < -0.39 is 0 Å². The maximum atomic E-state index is 6.08. The van der Waals surface area contributed by atoms with Crippen molar-refractivity contribution in [1.29, 1.82) is 0 Å². The average molecular weight is 246 g/mol. The lowest BCUT2D eigenvalue weighted by Gasteiger charge is -2.43. The lowest BCUT2D eigenvalue weighted by atomic mass is 9.63. The third-order valence-corrected chi connectivity index (χ3v) is 4.44. The molecule has 1 aromatic rings. The van der Waals surface area contributed by atoms with Gasteiger partial charge in [-0.05, 0) is 36.0 Å². The summed E-state index contributed by atoms with van der Waals surface area (Å²) < 4.78 is 0. The van der Waals surface area contributed by atoms with Crippen molar-refractivity contribution in [2.24, 2.45) is 5.73 Å². The molecular formula is C16H26N2. The molecular weight excluding hydrogens is 220 g/mol. The van der Waals surface area contributed by atoms with Crippen molar-refractivity contribution in [2.75, 3.05) is 25.5 Å². The zero-order valence-corrected chi connectivity index (χ0v) is 12.2. The molecule has 1 saturated carbocycles. The van der Waals surface area contributed by atoms with Gasteiger partial charge in [-0.1, -0.05) is 32.4 Å². The van der Waals surface area contributed by atoms with Gasteiger partial charge in [-0.2, -0.15) is 0 Å². The van der Waals surface area contributed by atoms with Crippen LogP contribution in [0.25, 0.3) is 0 Å². The first-order valence-electron chi connectivity index (χ1n) is 7.02. The van der Waals surface area contributed by atoms with E-state index >= 15 is 0 Å². The normalized spacial score (nSPS) is 17.7. The van der Waals surface area contributed by atoms with Gasteiger partial charge in [0, 0.05) is 31.7 Å². The van der Waals surface area contributed by atoms with Crippen LogP contribution in [0.5, 0.6) is 0 Å². The van der Waals surface area contributed by atoms with E-state index in [-0.39, 0.29) is 5.41 Å². The fraction of sp³-hybridized carbons (Fsp3) is 0.625. The molecule has 2 N–H and O–H groups in total. The number of anilines is 1. The number of benzene rings is 1. The van der Waals surface area contributed by atoms with Crippen molar-refractivity contribution < 1.29 is 0 Å². The van der Waals surface area contributed by atoms with Gasteiger partial charge in [-0.25, -0.2) is 0 Å². The highest BCUT2D eigenvalue weighted by molar-refractivity contribution is 5.58. The predicted octanol–water partition coefficient (Wildman–Crippen LogP) is 3.26. The summed E-state index contributed by atoms with van der Waals surface area (Å²) in [7, 11) is 4.24. The summed E-state index contributed by atoms with van der Waals surface area (Å²) in [6.45, 7) is 5.28. The minimum Gasteiger partial charge on any atom is -0.377 e. The van der Waals surface area contributed by atoms with Crippen LogP contribution in [-0.2, 0) is 5.41 Å². The molecule has 0 aliphatic heterocycles. The Morgan fingerprint density at radius 3 is 2.33 bits per heavy atom. The molecule has 0 atom stereocenters. The Labute approximate surface area is 111 Å². The topological polar surface area (TPSA) is 29.3 Å². The highest BCUT2D eigenvalue weighted by Gasteiger charge is 2.39. The third kappa shape index (κ3) is 2.14. The second-order valence-corrected chi connectivity index (χ2v) is 6.16. The van der Waals surface area contributed by atoms with Crippen LogP contribution in [0.3, 0.4) is 0 Å². The van der Waals surface area contributed by atoms with Crippen LogP contribution in [0.2, 0.25) is 0 Å². The lowest BCUT2D eigenvalue weighted by molar-refractivity contribution is 0.253. The molecule has 1 aliphatic rings. The van der Waals surface area contributed by atoms with Crippen molar-refractivity contribution in [3.8, 4) is 0 Å². The first kappa shape index (κ1) is 13.4. The van der Waals surface area contributed by atoms with Crippen molar-refractivity contribution in [1.82, 2.24) is 0 Å². The number of hydrogen-bond acceptors (Lipinski definition) is 2. The summed E-state index contributed by atoms with van der Waals surface area (Å²) in [5.41, 5.74) is 10.5. The number of rotatable bonds is 4. The fourth-order valence-corrected chi connectivity index (χ4v) is 2.91. The molecule has 0 radical (unpaired) electrons. The zero-order chi connectivity index (χ0) is 13.3. The van der Waals surface area contributed by atoms with E-state index in [1.54, 1.807) is 0 Å². The first-order chi connectivity index (χ1) is 8.50. The molecule has 0 amide bonds. The molecule has 2 nitrogen and oxygen atoms in total. The summed E-state index contributed by atoms with van der Waals surface area (Å²) >= 11 is 0. The highest BCUT2D eigenvalue weighted by Crippen LogP contribution is 2.46. The lowest BCUT2D eigenvalue weighted by Crippen LogP contribution is -2.42. The van der Waals surface area contributed by atoms with Crippen LogP contribution < -0.4 is 10.6 Å². The molecule has 1 aromatic carbocycles. The average Bonchev–Trinajstić information content (AvgIpc) is 2.27. The second kappa shape index (κ2) is 4.93. The molecule has 0 aromatic heterocycles. The van der Waals surface area contributed by atoms with Gasteiger partial charge in [0.15, 0.2) is 0 Å². The van der Waals surface area contributed by atoms with Crippen LogP contribution in [0.1, 0.15) is 50.2 Å². The Kier molecular flexibility index (Phi) is 3.67. The minimum atomic E-state index is 0.241. The first-order valence-corrected chi connectivity index (χ1v) is 7.02. The van der Waals surface area contributed by atoms with E-state index in [0.717, 1.165) is 6.54 Å². The van der Waals surface area contributed by atoms with E-state index in [4.69, 9.17) is 5.73 Å². The summed E-state index contributed by atoms with van der Waals surface area (Å²) in [5.74, 6) is 0.579. The largest absolute Gasteiger partial charge is 0.377 e. The molecule has 0 heterocycles. The van der Waals surface area contributed by atoms with Gasteiger partial charge in [0.1, 0.15) is 0 Å². The summed E-state index contributed by atoms with van der Waals surface area (Å²) in [4.78, 5) is 2.22. The van der Waals surface area contributed by atoms with Crippen molar-refractivity contribution >= 4 is 5.69 Å². The summed E-state index contributed by atoms with van der Waals surface area (Å²) in [5, 5.41) is 0.